The van der Waals surface area contributed by atoms with E-state index in [0.29, 0.717) is 25.4 Å². The molecule has 1 amide bonds. The maximum absolute atomic E-state index is 11.7. The van der Waals surface area contributed by atoms with Crippen LogP contribution in [0.25, 0.3) is 22.2 Å². The molecule has 1 fully saturated rings. The van der Waals surface area contributed by atoms with E-state index in [9.17, 15) is 4.79 Å². The highest BCUT2D eigenvalue weighted by Crippen LogP contribution is 2.34. The fraction of sp³-hybridized carbons (Fsp3) is 0.364. The van der Waals surface area contributed by atoms with Gasteiger partial charge in [-0.1, -0.05) is 24.3 Å². The minimum Gasteiger partial charge on any atom is -0.496 e. The van der Waals surface area contributed by atoms with Crippen LogP contribution in [-0.4, -0.2) is 42.0 Å². The molecule has 1 aromatic heterocycles. The summed E-state index contributed by atoms with van der Waals surface area (Å²) in [5.74, 6) is 2.36. The van der Waals surface area contributed by atoms with Crippen molar-refractivity contribution in [2.45, 2.75) is 32.9 Å². The van der Waals surface area contributed by atoms with Crippen molar-refractivity contribution in [3.8, 4) is 17.2 Å². The number of fused-ring (bicyclic) bond motifs is 1. The lowest BCUT2D eigenvalue weighted by atomic mass is 10.0. The van der Waals surface area contributed by atoms with Crippen molar-refractivity contribution in [2.24, 2.45) is 0 Å². The number of ether oxygens (including phenoxy) is 1. The second-order valence-corrected chi connectivity index (χ2v) is 7.26. The van der Waals surface area contributed by atoms with Crippen LogP contribution in [0.2, 0.25) is 0 Å². The molecule has 6 heteroatoms. The molecule has 28 heavy (non-hydrogen) atoms. The fourth-order valence-corrected chi connectivity index (χ4v) is 3.70. The second-order valence-electron chi connectivity index (χ2n) is 7.26. The smallest absolute Gasteiger partial charge is 0.227 e. The first-order chi connectivity index (χ1) is 13.6. The molecule has 0 radical (unpaired) electrons. The van der Waals surface area contributed by atoms with E-state index in [1.807, 2.05) is 37.3 Å². The molecule has 1 aliphatic heterocycles. The number of methoxy groups -OCH3 is 1. The Morgan fingerprint density at radius 1 is 1.25 bits per heavy atom. The Bertz CT molecular complexity index is 1010. The molecular formula is C22H25N3O3. The quantitative estimate of drug-likeness (QED) is 0.751. The average molecular weight is 379 g/mol. The number of benzene rings is 2. The van der Waals surface area contributed by atoms with Crippen molar-refractivity contribution in [2.75, 3.05) is 20.2 Å². The molecule has 1 aliphatic rings. The number of aromatic nitrogens is 1. The van der Waals surface area contributed by atoms with Gasteiger partial charge in [0.2, 0.25) is 11.8 Å². The molecule has 0 bridgehead atoms. The molecule has 1 saturated heterocycles. The average Bonchev–Trinajstić information content (AvgIpc) is 2.99. The summed E-state index contributed by atoms with van der Waals surface area (Å²) >= 11 is 0. The standard InChI is InChI=1S/C22H25N3O3/c1-14-12-23-21(26)10-11-25(14)13-19-15(2)28-22(24-19)18-8-9-20(27-3)17-7-5-4-6-16(17)18/h4-9,14H,10-13H2,1-3H3,(H,23,26)/t14-/m1/s1. The van der Waals surface area contributed by atoms with E-state index in [-0.39, 0.29) is 11.9 Å². The normalized spacial score (nSPS) is 18.1. The van der Waals surface area contributed by atoms with Crippen molar-refractivity contribution in [3.05, 3.63) is 47.9 Å². The summed E-state index contributed by atoms with van der Waals surface area (Å²) in [7, 11) is 1.68. The summed E-state index contributed by atoms with van der Waals surface area (Å²) in [6.07, 6.45) is 0.511. The number of nitrogens with one attached hydrogen (secondary N) is 1. The topological polar surface area (TPSA) is 67.6 Å². The van der Waals surface area contributed by atoms with Crippen LogP contribution in [0.15, 0.2) is 40.8 Å². The lowest BCUT2D eigenvalue weighted by Gasteiger charge is -2.25. The van der Waals surface area contributed by atoms with E-state index in [2.05, 4.69) is 23.2 Å². The molecule has 2 heterocycles. The Kier molecular flexibility index (Phi) is 5.05. The second kappa shape index (κ2) is 7.64. The lowest BCUT2D eigenvalue weighted by Crippen LogP contribution is -2.37. The minimum absolute atomic E-state index is 0.108. The third kappa shape index (κ3) is 3.47. The molecule has 1 atom stereocenters. The molecule has 0 saturated carbocycles. The van der Waals surface area contributed by atoms with E-state index in [1.165, 1.54) is 0 Å². The van der Waals surface area contributed by atoms with Crippen LogP contribution in [0.4, 0.5) is 0 Å². The first-order valence-electron chi connectivity index (χ1n) is 9.60. The zero-order chi connectivity index (χ0) is 19.7. The van der Waals surface area contributed by atoms with Crippen LogP contribution in [0, 0.1) is 6.92 Å². The van der Waals surface area contributed by atoms with E-state index in [1.54, 1.807) is 7.11 Å². The maximum atomic E-state index is 11.7. The zero-order valence-corrected chi connectivity index (χ0v) is 16.5. The predicted octanol–water partition coefficient (Wildman–Crippen LogP) is 3.52. The fourth-order valence-electron chi connectivity index (χ4n) is 3.70. The molecule has 146 valence electrons. The Balaban J connectivity index is 1.67. The highest BCUT2D eigenvalue weighted by Gasteiger charge is 2.23. The van der Waals surface area contributed by atoms with Crippen molar-refractivity contribution >= 4 is 16.7 Å². The maximum Gasteiger partial charge on any atom is 0.227 e. The lowest BCUT2D eigenvalue weighted by molar-refractivity contribution is -0.120. The number of rotatable bonds is 4. The number of hydrogen-bond donors (Lipinski definition) is 1. The van der Waals surface area contributed by atoms with E-state index in [4.69, 9.17) is 14.1 Å². The minimum atomic E-state index is 0.108. The van der Waals surface area contributed by atoms with Gasteiger partial charge < -0.3 is 14.5 Å². The number of carbonyl (C=O) groups excluding carboxylic acids is 1. The summed E-state index contributed by atoms with van der Waals surface area (Å²) in [6.45, 7) is 6.12. The van der Waals surface area contributed by atoms with Crippen molar-refractivity contribution < 1.29 is 13.9 Å². The largest absolute Gasteiger partial charge is 0.496 e. The monoisotopic (exact) mass is 379 g/mol. The molecule has 6 nitrogen and oxygen atoms in total. The van der Waals surface area contributed by atoms with E-state index >= 15 is 0 Å². The number of nitrogens with zero attached hydrogens (tertiary/aromatic N) is 2. The van der Waals surface area contributed by atoms with Gasteiger partial charge in [-0.25, -0.2) is 4.98 Å². The van der Waals surface area contributed by atoms with E-state index in [0.717, 1.165) is 40.1 Å². The highest BCUT2D eigenvalue weighted by molar-refractivity contribution is 5.98. The van der Waals surface area contributed by atoms with Gasteiger partial charge in [0.15, 0.2) is 0 Å². The molecular weight excluding hydrogens is 354 g/mol. The van der Waals surface area contributed by atoms with Gasteiger partial charge in [-0.15, -0.1) is 0 Å². The van der Waals surface area contributed by atoms with Gasteiger partial charge in [0, 0.05) is 43.0 Å². The number of carbonyl (C=O) groups is 1. The van der Waals surface area contributed by atoms with Crippen LogP contribution in [-0.2, 0) is 11.3 Å². The van der Waals surface area contributed by atoms with Crippen molar-refractivity contribution in [3.63, 3.8) is 0 Å². The van der Waals surface area contributed by atoms with Crippen LogP contribution in [0.3, 0.4) is 0 Å². The van der Waals surface area contributed by atoms with Gasteiger partial charge in [-0.3, -0.25) is 9.69 Å². The van der Waals surface area contributed by atoms with Crippen molar-refractivity contribution in [1.29, 1.82) is 0 Å². The van der Waals surface area contributed by atoms with Crippen LogP contribution < -0.4 is 10.1 Å². The molecule has 4 rings (SSSR count). The third-order valence-corrected chi connectivity index (χ3v) is 5.42. The molecule has 3 aromatic rings. The SMILES string of the molecule is COc1ccc(-c2nc(CN3CCC(=O)NC[C@H]3C)c(C)o2)c2ccccc12. The van der Waals surface area contributed by atoms with Gasteiger partial charge in [0.05, 0.1) is 12.8 Å². The Labute approximate surface area is 164 Å². The van der Waals surface area contributed by atoms with Crippen LogP contribution in [0.5, 0.6) is 5.75 Å². The zero-order valence-electron chi connectivity index (χ0n) is 16.5. The summed E-state index contributed by atoms with van der Waals surface area (Å²) in [5.41, 5.74) is 1.86. The molecule has 0 spiro atoms. The third-order valence-electron chi connectivity index (χ3n) is 5.42. The number of amides is 1. The predicted molar refractivity (Wildman–Crippen MR) is 108 cm³/mol. The number of hydrogen-bond acceptors (Lipinski definition) is 5. The molecule has 0 aliphatic carbocycles. The number of aryl methyl sites for hydroxylation is 1. The summed E-state index contributed by atoms with van der Waals surface area (Å²) in [5, 5.41) is 5.03. The van der Waals surface area contributed by atoms with Crippen molar-refractivity contribution in [1.82, 2.24) is 15.2 Å². The Hall–Kier alpha value is -2.86. The van der Waals surface area contributed by atoms with Gasteiger partial charge in [0.1, 0.15) is 11.5 Å². The summed E-state index contributed by atoms with van der Waals surface area (Å²) < 4.78 is 11.5. The van der Waals surface area contributed by atoms with Gasteiger partial charge in [-0.05, 0) is 31.4 Å². The van der Waals surface area contributed by atoms with Gasteiger partial charge in [0.25, 0.3) is 0 Å². The molecule has 0 unspecified atom stereocenters. The molecule has 1 N–H and O–H groups in total. The Morgan fingerprint density at radius 2 is 2.04 bits per heavy atom. The first kappa shape index (κ1) is 18.5. The van der Waals surface area contributed by atoms with Crippen LogP contribution >= 0.6 is 0 Å². The van der Waals surface area contributed by atoms with Gasteiger partial charge >= 0.3 is 0 Å². The molecule has 2 aromatic carbocycles. The number of oxazole rings is 1. The summed E-state index contributed by atoms with van der Waals surface area (Å²) in [4.78, 5) is 18.8. The van der Waals surface area contributed by atoms with E-state index < -0.39 is 0 Å². The summed E-state index contributed by atoms with van der Waals surface area (Å²) in [6, 6.07) is 12.3. The first-order valence-corrected chi connectivity index (χ1v) is 9.60. The van der Waals surface area contributed by atoms with Gasteiger partial charge in [-0.2, -0.15) is 0 Å². The Morgan fingerprint density at radius 3 is 2.82 bits per heavy atom. The highest BCUT2D eigenvalue weighted by atomic mass is 16.5. The van der Waals surface area contributed by atoms with Crippen LogP contribution in [0.1, 0.15) is 24.8 Å².